The third-order valence-corrected chi connectivity index (χ3v) is 3.30. The molecule has 0 aliphatic carbocycles. The number of aryl methyl sites for hydroxylation is 2. The van der Waals surface area contributed by atoms with Gasteiger partial charge in [0.2, 0.25) is 0 Å². The van der Waals surface area contributed by atoms with Crippen LogP contribution in [0.4, 0.5) is 0 Å². The van der Waals surface area contributed by atoms with Crippen LogP contribution in [0, 0.1) is 20.8 Å². The first-order chi connectivity index (χ1) is 8.40. The van der Waals surface area contributed by atoms with Crippen molar-refractivity contribution in [2.75, 3.05) is 0 Å². The Labute approximate surface area is 106 Å². The molecule has 18 heavy (non-hydrogen) atoms. The fraction of sp³-hybridized carbons (Fsp3) is 0.200. The molecule has 0 bridgehead atoms. The molecular weight excluding hydrogens is 228 g/mol. The maximum Gasteiger partial charge on any atom is 0.130 e. The minimum absolute atomic E-state index is 0.129. The van der Waals surface area contributed by atoms with Gasteiger partial charge in [0, 0.05) is 12.1 Å². The Bertz CT molecular complexity index is 569. The smallest absolute Gasteiger partial charge is 0.130 e. The highest BCUT2D eigenvalue weighted by Crippen LogP contribution is 2.41. The van der Waals surface area contributed by atoms with Crippen LogP contribution in [0.1, 0.15) is 16.7 Å². The van der Waals surface area contributed by atoms with E-state index >= 15 is 0 Å². The molecule has 0 radical (unpaired) electrons. The molecule has 3 nitrogen and oxygen atoms in total. The second-order valence-corrected chi connectivity index (χ2v) is 4.59. The Balaban J connectivity index is 2.70. The standard InChI is InChI=1S/C15H16O3/c1-8-4-11(5-9(2)10(8)3)15-13(17)6-12(16)7-14(15)18/h4-7,16-18H,1-3H3. The van der Waals surface area contributed by atoms with Gasteiger partial charge in [-0.3, -0.25) is 0 Å². The number of rotatable bonds is 1. The first kappa shape index (κ1) is 12.3. The van der Waals surface area contributed by atoms with Crippen LogP contribution in [0.5, 0.6) is 17.2 Å². The molecule has 0 aliphatic rings. The van der Waals surface area contributed by atoms with Crippen LogP contribution in [-0.4, -0.2) is 15.3 Å². The second kappa shape index (κ2) is 4.26. The van der Waals surface area contributed by atoms with Crippen LogP contribution in [0.3, 0.4) is 0 Å². The highest BCUT2D eigenvalue weighted by Gasteiger charge is 2.13. The average Bonchev–Trinajstić information content (AvgIpc) is 2.24. The summed E-state index contributed by atoms with van der Waals surface area (Å²) in [5.41, 5.74) is 4.47. The molecule has 0 fully saturated rings. The van der Waals surface area contributed by atoms with Gasteiger partial charge < -0.3 is 15.3 Å². The van der Waals surface area contributed by atoms with E-state index in [-0.39, 0.29) is 17.2 Å². The van der Waals surface area contributed by atoms with E-state index in [1.165, 1.54) is 17.7 Å². The van der Waals surface area contributed by atoms with Crippen LogP contribution in [0.2, 0.25) is 0 Å². The van der Waals surface area contributed by atoms with E-state index in [1.807, 2.05) is 32.9 Å². The summed E-state index contributed by atoms with van der Waals surface area (Å²) < 4.78 is 0. The van der Waals surface area contributed by atoms with Crippen molar-refractivity contribution in [1.82, 2.24) is 0 Å². The zero-order chi connectivity index (χ0) is 13.4. The van der Waals surface area contributed by atoms with E-state index in [1.54, 1.807) is 0 Å². The predicted molar refractivity (Wildman–Crippen MR) is 71.1 cm³/mol. The summed E-state index contributed by atoms with van der Waals surface area (Å²) in [4.78, 5) is 0. The lowest BCUT2D eigenvalue weighted by Crippen LogP contribution is -1.89. The number of aromatic hydroxyl groups is 3. The lowest BCUT2D eigenvalue weighted by atomic mass is 9.95. The van der Waals surface area contributed by atoms with Gasteiger partial charge in [-0.15, -0.1) is 0 Å². The summed E-state index contributed by atoms with van der Waals surface area (Å²) in [5, 5.41) is 29.0. The van der Waals surface area contributed by atoms with Gasteiger partial charge in [-0.05, 0) is 43.0 Å². The largest absolute Gasteiger partial charge is 0.508 e. The van der Waals surface area contributed by atoms with Gasteiger partial charge in [-0.2, -0.15) is 0 Å². The summed E-state index contributed by atoms with van der Waals surface area (Å²) in [6.07, 6.45) is 0. The zero-order valence-electron chi connectivity index (χ0n) is 10.7. The van der Waals surface area contributed by atoms with Crippen LogP contribution in [-0.2, 0) is 0 Å². The molecule has 94 valence electrons. The monoisotopic (exact) mass is 244 g/mol. The van der Waals surface area contributed by atoms with Crippen molar-refractivity contribution in [2.24, 2.45) is 0 Å². The molecule has 0 amide bonds. The van der Waals surface area contributed by atoms with Gasteiger partial charge in [0.1, 0.15) is 17.2 Å². The molecule has 0 spiro atoms. The summed E-state index contributed by atoms with van der Waals surface area (Å²) in [6.45, 7) is 6.01. The van der Waals surface area contributed by atoms with E-state index in [9.17, 15) is 15.3 Å². The lowest BCUT2D eigenvalue weighted by Gasteiger charge is -2.12. The molecule has 0 unspecified atom stereocenters. The predicted octanol–water partition coefficient (Wildman–Crippen LogP) is 3.40. The van der Waals surface area contributed by atoms with Gasteiger partial charge in [0.25, 0.3) is 0 Å². The Hall–Kier alpha value is -2.16. The van der Waals surface area contributed by atoms with Crippen molar-refractivity contribution in [3.8, 4) is 28.4 Å². The Morgan fingerprint density at radius 3 is 1.61 bits per heavy atom. The van der Waals surface area contributed by atoms with Crippen molar-refractivity contribution in [3.63, 3.8) is 0 Å². The van der Waals surface area contributed by atoms with E-state index in [0.29, 0.717) is 5.56 Å². The van der Waals surface area contributed by atoms with Crippen LogP contribution in [0.15, 0.2) is 24.3 Å². The maximum atomic E-state index is 9.86. The molecule has 3 heteroatoms. The summed E-state index contributed by atoms with van der Waals surface area (Å²) in [6, 6.07) is 6.27. The highest BCUT2D eigenvalue weighted by molar-refractivity contribution is 5.78. The molecule has 0 aliphatic heterocycles. The minimum Gasteiger partial charge on any atom is -0.508 e. The third kappa shape index (κ3) is 1.99. The molecule has 2 aromatic carbocycles. The van der Waals surface area contributed by atoms with Crippen LogP contribution >= 0.6 is 0 Å². The van der Waals surface area contributed by atoms with Crippen molar-refractivity contribution in [1.29, 1.82) is 0 Å². The van der Waals surface area contributed by atoms with Gasteiger partial charge >= 0.3 is 0 Å². The first-order valence-corrected chi connectivity index (χ1v) is 5.73. The van der Waals surface area contributed by atoms with E-state index in [4.69, 9.17) is 0 Å². The molecule has 2 aromatic rings. The SMILES string of the molecule is Cc1cc(-c2c(O)cc(O)cc2O)cc(C)c1C. The average molecular weight is 244 g/mol. The highest BCUT2D eigenvalue weighted by atomic mass is 16.3. The topological polar surface area (TPSA) is 60.7 Å². The molecular formula is C15H16O3. The van der Waals surface area contributed by atoms with E-state index < -0.39 is 0 Å². The van der Waals surface area contributed by atoms with Gasteiger partial charge in [-0.25, -0.2) is 0 Å². The number of hydrogen-bond acceptors (Lipinski definition) is 3. The van der Waals surface area contributed by atoms with Gasteiger partial charge in [-0.1, -0.05) is 12.1 Å². The molecule has 0 saturated heterocycles. The number of hydrogen-bond donors (Lipinski definition) is 3. The number of benzene rings is 2. The molecule has 0 aromatic heterocycles. The quantitative estimate of drug-likeness (QED) is 0.720. The van der Waals surface area contributed by atoms with Crippen molar-refractivity contribution in [3.05, 3.63) is 41.0 Å². The molecule has 0 atom stereocenters. The summed E-state index contributed by atoms with van der Waals surface area (Å²) >= 11 is 0. The summed E-state index contributed by atoms with van der Waals surface area (Å²) in [7, 11) is 0. The van der Waals surface area contributed by atoms with Crippen molar-refractivity contribution in [2.45, 2.75) is 20.8 Å². The number of phenolic OH excluding ortho intramolecular Hbond substituents is 3. The lowest BCUT2D eigenvalue weighted by molar-refractivity contribution is 0.430. The van der Waals surface area contributed by atoms with E-state index in [0.717, 1.165) is 16.7 Å². The third-order valence-electron chi connectivity index (χ3n) is 3.30. The van der Waals surface area contributed by atoms with Crippen molar-refractivity contribution >= 4 is 0 Å². The Morgan fingerprint density at radius 1 is 0.722 bits per heavy atom. The van der Waals surface area contributed by atoms with Crippen LogP contribution in [0.25, 0.3) is 11.1 Å². The number of phenols is 3. The Kier molecular flexibility index (Phi) is 2.91. The Morgan fingerprint density at radius 2 is 1.17 bits per heavy atom. The fourth-order valence-corrected chi connectivity index (χ4v) is 2.07. The zero-order valence-corrected chi connectivity index (χ0v) is 10.7. The fourth-order valence-electron chi connectivity index (χ4n) is 2.07. The second-order valence-electron chi connectivity index (χ2n) is 4.59. The normalized spacial score (nSPS) is 10.6. The summed E-state index contributed by atoms with van der Waals surface area (Å²) in [5.74, 6) is -0.417. The maximum absolute atomic E-state index is 9.86. The van der Waals surface area contributed by atoms with Crippen molar-refractivity contribution < 1.29 is 15.3 Å². The van der Waals surface area contributed by atoms with Gasteiger partial charge in [0.05, 0.1) is 5.56 Å². The van der Waals surface area contributed by atoms with E-state index in [2.05, 4.69) is 0 Å². The minimum atomic E-state index is -0.158. The molecule has 0 heterocycles. The molecule has 3 N–H and O–H groups in total. The molecule has 0 saturated carbocycles. The molecule has 2 rings (SSSR count). The first-order valence-electron chi connectivity index (χ1n) is 5.73. The van der Waals surface area contributed by atoms with Gasteiger partial charge in [0.15, 0.2) is 0 Å². The van der Waals surface area contributed by atoms with Crippen LogP contribution < -0.4 is 0 Å².